The summed E-state index contributed by atoms with van der Waals surface area (Å²) < 4.78 is 11.1. The molecule has 2 rings (SSSR count). The average Bonchev–Trinajstić information content (AvgIpc) is 2.98. The first-order chi connectivity index (χ1) is 9.09. The predicted molar refractivity (Wildman–Crippen MR) is 71.0 cm³/mol. The Labute approximate surface area is 114 Å². The highest BCUT2D eigenvalue weighted by Crippen LogP contribution is 2.25. The number of likely N-dealkylation sites (tertiary alicyclic amines) is 1. The molecule has 2 aliphatic rings. The van der Waals surface area contributed by atoms with Crippen molar-refractivity contribution in [2.24, 2.45) is 5.92 Å². The zero-order chi connectivity index (χ0) is 13.7. The zero-order valence-corrected chi connectivity index (χ0v) is 11.5. The minimum absolute atomic E-state index is 0.380. The standard InChI is InChI=1S/C14H23NO4/c1-14(18-9-10-19-14)7-4-2-3-5-12-6-8-15(11-12)13(16)17/h3,5,12H,2,4,6-11H2,1H3,(H,16,17). The van der Waals surface area contributed by atoms with E-state index >= 15 is 0 Å². The molecule has 5 heteroatoms. The summed E-state index contributed by atoms with van der Waals surface area (Å²) in [5.74, 6) is -0.00735. The van der Waals surface area contributed by atoms with Gasteiger partial charge in [0.05, 0.1) is 13.2 Å². The van der Waals surface area contributed by atoms with E-state index in [0.717, 1.165) is 25.7 Å². The van der Waals surface area contributed by atoms with Gasteiger partial charge in [0.25, 0.3) is 0 Å². The Morgan fingerprint density at radius 1 is 1.47 bits per heavy atom. The normalized spacial score (nSPS) is 26.4. The van der Waals surface area contributed by atoms with Crippen LogP contribution in [-0.4, -0.2) is 48.2 Å². The van der Waals surface area contributed by atoms with Crippen LogP contribution >= 0.6 is 0 Å². The molecule has 1 unspecified atom stereocenters. The van der Waals surface area contributed by atoms with Crippen LogP contribution in [0.4, 0.5) is 4.79 Å². The van der Waals surface area contributed by atoms with Gasteiger partial charge in [0, 0.05) is 19.5 Å². The molecule has 1 amide bonds. The van der Waals surface area contributed by atoms with Crippen LogP contribution in [0.3, 0.4) is 0 Å². The fraction of sp³-hybridized carbons (Fsp3) is 0.786. The Hall–Kier alpha value is -1.07. The summed E-state index contributed by atoms with van der Waals surface area (Å²) in [5, 5.41) is 8.86. The second kappa shape index (κ2) is 6.39. The fourth-order valence-electron chi connectivity index (χ4n) is 2.65. The molecule has 0 aromatic rings. The summed E-state index contributed by atoms with van der Waals surface area (Å²) in [5.41, 5.74) is 0. The van der Waals surface area contributed by atoms with E-state index in [1.165, 1.54) is 4.90 Å². The van der Waals surface area contributed by atoms with Crippen LogP contribution in [0.15, 0.2) is 12.2 Å². The van der Waals surface area contributed by atoms with Crippen LogP contribution in [0.1, 0.15) is 32.6 Å². The van der Waals surface area contributed by atoms with Gasteiger partial charge in [-0.05, 0) is 32.1 Å². The summed E-state index contributed by atoms with van der Waals surface area (Å²) in [7, 11) is 0. The number of carbonyl (C=O) groups is 1. The van der Waals surface area contributed by atoms with Crippen LogP contribution in [0.25, 0.3) is 0 Å². The molecule has 1 atom stereocenters. The molecule has 0 spiro atoms. The van der Waals surface area contributed by atoms with Crippen LogP contribution in [0, 0.1) is 5.92 Å². The van der Waals surface area contributed by atoms with Gasteiger partial charge in [-0.3, -0.25) is 0 Å². The van der Waals surface area contributed by atoms with Gasteiger partial charge in [0.1, 0.15) is 0 Å². The third-order valence-corrected chi connectivity index (χ3v) is 3.80. The number of rotatable bonds is 5. The Bertz CT molecular complexity index is 336. The third-order valence-electron chi connectivity index (χ3n) is 3.80. The second-order valence-corrected chi connectivity index (χ2v) is 5.43. The van der Waals surface area contributed by atoms with E-state index in [9.17, 15) is 4.79 Å². The molecule has 19 heavy (non-hydrogen) atoms. The van der Waals surface area contributed by atoms with Crippen LogP contribution in [-0.2, 0) is 9.47 Å². The molecule has 0 bridgehead atoms. The molecule has 0 saturated carbocycles. The van der Waals surface area contributed by atoms with E-state index in [1.807, 2.05) is 6.92 Å². The van der Waals surface area contributed by atoms with E-state index in [0.29, 0.717) is 32.2 Å². The first-order valence-electron chi connectivity index (χ1n) is 7.01. The number of allylic oxidation sites excluding steroid dienone is 1. The van der Waals surface area contributed by atoms with Gasteiger partial charge in [0.2, 0.25) is 0 Å². The van der Waals surface area contributed by atoms with Crippen LogP contribution in [0.5, 0.6) is 0 Å². The van der Waals surface area contributed by atoms with Crippen LogP contribution < -0.4 is 0 Å². The van der Waals surface area contributed by atoms with Crippen molar-refractivity contribution >= 4 is 6.09 Å². The molecule has 0 radical (unpaired) electrons. The van der Waals surface area contributed by atoms with E-state index in [2.05, 4.69) is 12.2 Å². The first-order valence-corrected chi connectivity index (χ1v) is 7.01. The summed E-state index contributed by atoms with van der Waals surface area (Å²) in [6.07, 6.45) is 7.37. The van der Waals surface area contributed by atoms with E-state index in [4.69, 9.17) is 14.6 Å². The van der Waals surface area contributed by atoms with Crippen molar-refractivity contribution in [2.75, 3.05) is 26.3 Å². The molecule has 2 heterocycles. The van der Waals surface area contributed by atoms with Gasteiger partial charge in [0.15, 0.2) is 5.79 Å². The number of hydrogen-bond acceptors (Lipinski definition) is 3. The van der Waals surface area contributed by atoms with Crippen molar-refractivity contribution in [3.63, 3.8) is 0 Å². The number of ether oxygens (including phenoxy) is 2. The smallest absolute Gasteiger partial charge is 0.407 e. The number of unbranched alkanes of at least 4 members (excludes halogenated alkanes) is 1. The summed E-state index contributed by atoms with van der Waals surface area (Å²) in [4.78, 5) is 12.3. The lowest BCUT2D eigenvalue weighted by molar-refractivity contribution is -0.147. The highest BCUT2D eigenvalue weighted by Gasteiger charge is 2.29. The summed E-state index contributed by atoms with van der Waals surface area (Å²) in [6.45, 7) is 4.67. The number of nitrogens with zero attached hydrogens (tertiary/aromatic N) is 1. The highest BCUT2D eigenvalue weighted by atomic mass is 16.7. The summed E-state index contributed by atoms with van der Waals surface area (Å²) >= 11 is 0. The Morgan fingerprint density at radius 3 is 2.84 bits per heavy atom. The van der Waals surface area contributed by atoms with Crippen molar-refractivity contribution in [2.45, 2.75) is 38.4 Å². The van der Waals surface area contributed by atoms with Gasteiger partial charge in [-0.25, -0.2) is 4.79 Å². The third kappa shape index (κ3) is 4.21. The highest BCUT2D eigenvalue weighted by molar-refractivity contribution is 5.65. The second-order valence-electron chi connectivity index (χ2n) is 5.43. The number of amides is 1. The van der Waals surface area contributed by atoms with Gasteiger partial charge in [-0.15, -0.1) is 0 Å². The first kappa shape index (κ1) is 14.3. The van der Waals surface area contributed by atoms with E-state index < -0.39 is 6.09 Å². The molecule has 1 N–H and O–H groups in total. The Morgan fingerprint density at radius 2 is 2.21 bits per heavy atom. The predicted octanol–water partition coefficient (Wildman–Crippen LogP) is 2.48. The van der Waals surface area contributed by atoms with Gasteiger partial charge in [-0.1, -0.05) is 12.2 Å². The molecule has 0 aromatic carbocycles. The topological polar surface area (TPSA) is 59.0 Å². The lowest BCUT2D eigenvalue weighted by Gasteiger charge is -2.21. The lowest BCUT2D eigenvalue weighted by Crippen LogP contribution is -2.26. The molecule has 2 saturated heterocycles. The van der Waals surface area contributed by atoms with Crippen molar-refractivity contribution < 1.29 is 19.4 Å². The molecule has 108 valence electrons. The molecule has 2 aliphatic heterocycles. The maximum atomic E-state index is 10.8. The minimum atomic E-state index is -0.806. The summed E-state index contributed by atoms with van der Waals surface area (Å²) in [6, 6.07) is 0. The average molecular weight is 269 g/mol. The van der Waals surface area contributed by atoms with E-state index in [1.54, 1.807) is 0 Å². The SMILES string of the molecule is CC1(CCCC=CC2CCN(C(=O)O)C2)OCCO1. The number of hydrogen-bond donors (Lipinski definition) is 1. The number of carboxylic acid groups (broad SMARTS) is 1. The van der Waals surface area contributed by atoms with E-state index in [-0.39, 0.29) is 5.79 Å². The van der Waals surface area contributed by atoms with Crippen molar-refractivity contribution in [3.05, 3.63) is 12.2 Å². The molecule has 2 fully saturated rings. The molecule has 0 aromatic heterocycles. The van der Waals surface area contributed by atoms with Crippen LogP contribution in [0.2, 0.25) is 0 Å². The fourth-order valence-corrected chi connectivity index (χ4v) is 2.65. The van der Waals surface area contributed by atoms with Crippen molar-refractivity contribution in [1.29, 1.82) is 0 Å². The Kier molecular flexibility index (Phi) is 4.82. The zero-order valence-electron chi connectivity index (χ0n) is 11.5. The maximum Gasteiger partial charge on any atom is 0.407 e. The van der Waals surface area contributed by atoms with Gasteiger partial charge < -0.3 is 19.5 Å². The Balaban J connectivity index is 1.61. The largest absolute Gasteiger partial charge is 0.465 e. The molecular weight excluding hydrogens is 246 g/mol. The molecular formula is C14H23NO4. The molecule has 5 nitrogen and oxygen atoms in total. The molecule has 0 aliphatic carbocycles. The lowest BCUT2D eigenvalue weighted by atomic mass is 10.1. The van der Waals surface area contributed by atoms with Crippen molar-refractivity contribution in [3.8, 4) is 0 Å². The minimum Gasteiger partial charge on any atom is -0.465 e. The monoisotopic (exact) mass is 269 g/mol. The van der Waals surface area contributed by atoms with Gasteiger partial charge in [-0.2, -0.15) is 0 Å². The quantitative estimate of drug-likeness (QED) is 0.615. The maximum absolute atomic E-state index is 10.8. The van der Waals surface area contributed by atoms with Crippen molar-refractivity contribution in [1.82, 2.24) is 4.90 Å². The van der Waals surface area contributed by atoms with Gasteiger partial charge >= 0.3 is 6.09 Å².